The molecule has 0 amide bonds. The average molecular weight is 231 g/mol. The molecule has 82 valence electrons. The Morgan fingerprint density at radius 1 is 1.31 bits per heavy atom. The van der Waals surface area contributed by atoms with Crippen molar-refractivity contribution in [1.29, 1.82) is 0 Å². The van der Waals surface area contributed by atoms with Gasteiger partial charge in [-0.05, 0) is 24.1 Å². The number of rotatable bonds is 3. The number of nitrogens with zero attached hydrogens (tertiary/aromatic N) is 1. The van der Waals surface area contributed by atoms with Crippen LogP contribution < -0.4 is 0 Å². The van der Waals surface area contributed by atoms with E-state index in [1.54, 1.807) is 6.92 Å². The van der Waals surface area contributed by atoms with Crippen molar-refractivity contribution in [2.75, 3.05) is 5.75 Å². The summed E-state index contributed by atoms with van der Waals surface area (Å²) in [5.41, 5.74) is 2.28. The first kappa shape index (κ1) is 11.1. The number of hydrogen-bond acceptors (Lipinski definition) is 3. The Balaban J connectivity index is 2.20. The molecule has 0 radical (unpaired) electrons. The first-order chi connectivity index (χ1) is 7.77. The number of aromatic nitrogens is 1. The van der Waals surface area contributed by atoms with E-state index in [-0.39, 0.29) is 5.12 Å². The van der Waals surface area contributed by atoms with Crippen molar-refractivity contribution in [1.82, 2.24) is 4.98 Å². The number of aryl methyl sites for hydroxylation is 1. The lowest BCUT2D eigenvalue weighted by Gasteiger charge is -2.04. The maximum absolute atomic E-state index is 10.8. The number of fused-ring (bicyclic) bond motifs is 1. The number of thioether (sulfide) groups is 1. The molecule has 0 bridgehead atoms. The molecule has 2 nitrogen and oxygen atoms in total. The number of carbonyl (C=O) groups is 1. The zero-order chi connectivity index (χ0) is 11.4. The highest BCUT2D eigenvalue weighted by Gasteiger charge is 2.02. The van der Waals surface area contributed by atoms with Crippen molar-refractivity contribution < 1.29 is 4.79 Å². The Kier molecular flexibility index (Phi) is 3.57. The summed E-state index contributed by atoms with van der Waals surface area (Å²) in [5, 5.41) is 1.37. The number of para-hydroxylation sites is 1. The summed E-state index contributed by atoms with van der Waals surface area (Å²) in [7, 11) is 0. The van der Waals surface area contributed by atoms with E-state index in [9.17, 15) is 4.79 Å². The Bertz CT molecular complexity index is 505. The number of hydrogen-bond donors (Lipinski definition) is 0. The minimum absolute atomic E-state index is 0.179. The molecule has 1 heterocycles. The second-order valence-corrected chi connectivity index (χ2v) is 4.85. The van der Waals surface area contributed by atoms with Crippen LogP contribution in [0.2, 0.25) is 0 Å². The van der Waals surface area contributed by atoms with E-state index < -0.39 is 0 Å². The number of pyridine rings is 1. The van der Waals surface area contributed by atoms with Gasteiger partial charge < -0.3 is 0 Å². The van der Waals surface area contributed by atoms with Gasteiger partial charge in [0.05, 0.1) is 5.52 Å². The lowest BCUT2D eigenvalue weighted by molar-refractivity contribution is -0.109. The fourth-order valence-electron chi connectivity index (χ4n) is 1.68. The molecule has 0 aliphatic carbocycles. The fourth-order valence-corrected chi connectivity index (χ4v) is 2.29. The van der Waals surface area contributed by atoms with Gasteiger partial charge in [-0.25, -0.2) is 0 Å². The molecule has 0 aliphatic rings. The van der Waals surface area contributed by atoms with Crippen molar-refractivity contribution in [2.45, 2.75) is 13.3 Å². The van der Waals surface area contributed by atoms with E-state index in [0.717, 1.165) is 17.7 Å². The van der Waals surface area contributed by atoms with E-state index in [4.69, 9.17) is 0 Å². The maximum Gasteiger partial charge on any atom is 0.185 e. The molecule has 0 N–H and O–H groups in total. The van der Waals surface area contributed by atoms with Crippen molar-refractivity contribution in [3.8, 4) is 0 Å². The molecule has 2 aromatic rings. The molecule has 0 atom stereocenters. The van der Waals surface area contributed by atoms with Crippen LogP contribution in [0.1, 0.15) is 12.5 Å². The van der Waals surface area contributed by atoms with Crippen LogP contribution in [0, 0.1) is 0 Å². The van der Waals surface area contributed by atoms with Gasteiger partial charge >= 0.3 is 0 Å². The Hall–Kier alpha value is -1.35. The molecule has 0 saturated heterocycles. The molecule has 0 aliphatic heterocycles. The van der Waals surface area contributed by atoms with Crippen molar-refractivity contribution >= 4 is 27.8 Å². The Morgan fingerprint density at radius 2 is 2.12 bits per heavy atom. The normalized spacial score (nSPS) is 10.6. The zero-order valence-electron chi connectivity index (χ0n) is 9.14. The topological polar surface area (TPSA) is 30.0 Å². The highest BCUT2D eigenvalue weighted by molar-refractivity contribution is 8.13. The summed E-state index contributed by atoms with van der Waals surface area (Å²) in [4.78, 5) is 15.2. The van der Waals surface area contributed by atoms with Crippen LogP contribution in [-0.4, -0.2) is 15.9 Å². The fraction of sp³-hybridized carbons (Fsp3) is 0.231. The van der Waals surface area contributed by atoms with Crippen LogP contribution >= 0.6 is 11.8 Å². The minimum Gasteiger partial charge on any atom is -0.288 e. The molecular weight excluding hydrogens is 218 g/mol. The summed E-state index contributed by atoms with van der Waals surface area (Å²) >= 11 is 1.38. The first-order valence-electron chi connectivity index (χ1n) is 5.23. The van der Waals surface area contributed by atoms with Crippen LogP contribution in [0.4, 0.5) is 0 Å². The molecule has 0 spiro atoms. The number of benzene rings is 1. The van der Waals surface area contributed by atoms with Crippen molar-refractivity contribution in [3.05, 3.63) is 42.1 Å². The van der Waals surface area contributed by atoms with Gasteiger partial charge in [-0.1, -0.05) is 30.0 Å². The molecule has 3 heteroatoms. The van der Waals surface area contributed by atoms with Crippen LogP contribution in [-0.2, 0) is 11.2 Å². The van der Waals surface area contributed by atoms with Crippen LogP contribution in [0.5, 0.6) is 0 Å². The van der Waals surface area contributed by atoms with Gasteiger partial charge in [0.2, 0.25) is 0 Å². The summed E-state index contributed by atoms with van der Waals surface area (Å²) < 4.78 is 0. The first-order valence-corrected chi connectivity index (χ1v) is 6.22. The predicted molar refractivity (Wildman–Crippen MR) is 68.6 cm³/mol. The van der Waals surface area contributed by atoms with Crippen molar-refractivity contribution in [2.24, 2.45) is 0 Å². The molecule has 0 saturated carbocycles. The maximum atomic E-state index is 10.8. The lowest BCUT2D eigenvalue weighted by atomic mass is 10.1. The summed E-state index contributed by atoms with van der Waals surface area (Å²) in [5.74, 6) is 0.837. The van der Waals surface area contributed by atoms with Crippen LogP contribution in [0.3, 0.4) is 0 Å². The summed E-state index contributed by atoms with van der Waals surface area (Å²) in [6.07, 6.45) is 2.74. The van der Waals surface area contributed by atoms with Gasteiger partial charge in [-0.2, -0.15) is 0 Å². The zero-order valence-corrected chi connectivity index (χ0v) is 9.96. The quantitative estimate of drug-likeness (QED) is 0.813. The highest BCUT2D eigenvalue weighted by atomic mass is 32.2. The Labute approximate surface area is 99.1 Å². The molecule has 2 rings (SSSR count). The third-order valence-electron chi connectivity index (χ3n) is 2.42. The molecule has 16 heavy (non-hydrogen) atoms. The van der Waals surface area contributed by atoms with Crippen molar-refractivity contribution in [3.63, 3.8) is 0 Å². The van der Waals surface area contributed by atoms with Crippen LogP contribution in [0.15, 0.2) is 36.5 Å². The predicted octanol–water partition coefficient (Wildman–Crippen LogP) is 3.06. The van der Waals surface area contributed by atoms with E-state index in [1.807, 2.05) is 30.5 Å². The second-order valence-electron chi connectivity index (χ2n) is 3.58. The second kappa shape index (κ2) is 5.12. The minimum atomic E-state index is 0.179. The number of carbonyl (C=O) groups excluding carboxylic acids is 1. The van der Waals surface area contributed by atoms with Gasteiger partial charge in [0, 0.05) is 24.3 Å². The van der Waals surface area contributed by atoms with Gasteiger partial charge in [0.25, 0.3) is 0 Å². The van der Waals surface area contributed by atoms with Gasteiger partial charge in [0.15, 0.2) is 5.12 Å². The van der Waals surface area contributed by atoms with Gasteiger partial charge in [-0.3, -0.25) is 9.78 Å². The third-order valence-corrected chi connectivity index (χ3v) is 3.23. The summed E-state index contributed by atoms with van der Waals surface area (Å²) in [6, 6.07) is 10.1. The third kappa shape index (κ3) is 2.61. The molecular formula is C13H13NOS. The van der Waals surface area contributed by atoms with Crippen LogP contribution in [0.25, 0.3) is 10.9 Å². The SMILES string of the molecule is CC(=O)SCCc1ccnc2ccccc12. The van der Waals surface area contributed by atoms with Gasteiger partial charge in [-0.15, -0.1) is 0 Å². The monoisotopic (exact) mass is 231 g/mol. The van der Waals surface area contributed by atoms with E-state index >= 15 is 0 Å². The highest BCUT2D eigenvalue weighted by Crippen LogP contribution is 2.18. The van der Waals surface area contributed by atoms with E-state index in [0.29, 0.717) is 0 Å². The molecule has 0 unspecified atom stereocenters. The molecule has 1 aromatic heterocycles. The Morgan fingerprint density at radius 3 is 2.94 bits per heavy atom. The average Bonchev–Trinajstić information content (AvgIpc) is 2.29. The smallest absolute Gasteiger partial charge is 0.185 e. The van der Waals surface area contributed by atoms with E-state index in [2.05, 4.69) is 11.1 Å². The summed E-state index contributed by atoms with van der Waals surface area (Å²) in [6.45, 7) is 1.61. The molecule has 1 aromatic carbocycles. The molecule has 0 fully saturated rings. The van der Waals surface area contributed by atoms with E-state index in [1.165, 1.54) is 22.7 Å². The lowest BCUT2D eigenvalue weighted by Crippen LogP contribution is -1.93. The van der Waals surface area contributed by atoms with Gasteiger partial charge in [0.1, 0.15) is 0 Å². The standard InChI is InChI=1S/C13H13NOS/c1-10(15)16-9-7-11-6-8-14-13-5-3-2-4-12(11)13/h2-6,8H,7,9H2,1H3. The largest absolute Gasteiger partial charge is 0.288 e.